The highest BCUT2D eigenvalue weighted by molar-refractivity contribution is 5.99. The Balaban J connectivity index is 3.41. The zero-order valence-electron chi connectivity index (χ0n) is 8.13. The molecule has 4 N–H and O–H groups in total. The first-order valence-electron chi connectivity index (χ1n) is 4.15. The lowest BCUT2D eigenvalue weighted by molar-refractivity contribution is 0.0987. The van der Waals surface area contributed by atoms with Crippen LogP contribution in [-0.4, -0.2) is 11.8 Å². The van der Waals surface area contributed by atoms with Crippen molar-refractivity contribution in [2.75, 3.05) is 0 Å². The van der Waals surface area contributed by atoms with Crippen LogP contribution in [0.15, 0.2) is 12.1 Å². The molecule has 1 aromatic rings. The number of benzene rings is 1. The third kappa shape index (κ3) is 1.59. The average Bonchev–Trinajstić information content (AvgIpc) is 2.08. The Kier molecular flexibility index (Phi) is 2.56. The van der Waals surface area contributed by atoms with Crippen molar-refractivity contribution in [2.24, 2.45) is 11.5 Å². The lowest BCUT2D eigenvalue weighted by atomic mass is 9.97. The fourth-order valence-corrected chi connectivity index (χ4v) is 1.35. The van der Waals surface area contributed by atoms with E-state index in [1.54, 1.807) is 13.8 Å². The van der Waals surface area contributed by atoms with Gasteiger partial charge in [-0.05, 0) is 37.1 Å². The SMILES string of the molecule is Cc1c(C(N)=O)ccc(C(N)=O)c1C. The van der Waals surface area contributed by atoms with E-state index < -0.39 is 11.8 Å². The number of nitrogens with two attached hydrogens (primary N) is 2. The van der Waals surface area contributed by atoms with E-state index in [4.69, 9.17) is 11.5 Å². The fraction of sp³-hybridized carbons (Fsp3) is 0.200. The summed E-state index contributed by atoms with van der Waals surface area (Å²) >= 11 is 0. The second kappa shape index (κ2) is 3.49. The molecule has 0 aliphatic heterocycles. The van der Waals surface area contributed by atoms with Crippen LogP contribution in [0.1, 0.15) is 31.8 Å². The van der Waals surface area contributed by atoms with Crippen LogP contribution in [0.25, 0.3) is 0 Å². The summed E-state index contributed by atoms with van der Waals surface area (Å²) in [7, 11) is 0. The smallest absolute Gasteiger partial charge is 0.248 e. The van der Waals surface area contributed by atoms with E-state index in [1.165, 1.54) is 12.1 Å². The van der Waals surface area contributed by atoms with Crippen molar-refractivity contribution in [1.29, 1.82) is 0 Å². The molecule has 0 atom stereocenters. The quantitative estimate of drug-likeness (QED) is 0.714. The number of hydrogen-bond donors (Lipinski definition) is 2. The fourth-order valence-electron chi connectivity index (χ4n) is 1.35. The van der Waals surface area contributed by atoms with Crippen molar-refractivity contribution in [3.8, 4) is 0 Å². The highest BCUT2D eigenvalue weighted by Crippen LogP contribution is 2.16. The van der Waals surface area contributed by atoms with Crippen LogP contribution in [0.2, 0.25) is 0 Å². The van der Waals surface area contributed by atoms with Gasteiger partial charge in [0.2, 0.25) is 11.8 Å². The molecule has 0 saturated carbocycles. The van der Waals surface area contributed by atoms with Gasteiger partial charge in [-0.2, -0.15) is 0 Å². The van der Waals surface area contributed by atoms with E-state index in [0.717, 1.165) is 0 Å². The van der Waals surface area contributed by atoms with E-state index >= 15 is 0 Å². The van der Waals surface area contributed by atoms with Gasteiger partial charge in [0.15, 0.2) is 0 Å². The van der Waals surface area contributed by atoms with Crippen LogP contribution < -0.4 is 11.5 Å². The average molecular weight is 192 g/mol. The maximum Gasteiger partial charge on any atom is 0.248 e. The molecule has 74 valence electrons. The van der Waals surface area contributed by atoms with Crippen molar-refractivity contribution >= 4 is 11.8 Å². The summed E-state index contributed by atoms with van der Waals surface area (Å²) in [4.78, 5) is 21.9. The molecule has 4 nitrogen and oxygen atoms in total. The number of carbonyl (C=O) groups is 2. The molecule has 0 aromatic heterocycles. The highest BCUT2D eigenvalue weighted by Gasteiger charge is 2.12. The first-order valence-corrected chi connectivity index (χ1v) is 4.15. The van der Waals surface area contributed by atoms with Crippen molar-refractivity contribution in [2.45, 2.75) is 13.8 Å². The van der Waals surface area contributed by atoms with E-state index in [0.29, 0.717) is 22.3 Å². The van der Waals surface area contributed by atoms with Gasteiger partial charge in [0.25, 0.3) is 0 Å². The molecule has 1 rings (SSSR count). The number of hydrogen-bond acceptors (Lipinski definition) is 2. The monoisotopic (exact) mass is 192 g/mol. The number of amides is 2. The van der Waals surface area contributed by atoms with Gasteiger partial charge in [-0.15, -0.1) is 0 Å². The molecule has 0 spiro atoms. The summed E-state index contributed by atoms with van der Waals surface area (Å²) in [6.07, 6.45) is 0. The molecule has 0 radical (unpaired) electrons. The summed E-state index contributed by atoms with van der Waals surface area (Å²) in [5, 5.41) is 0. The first kappa shape index (κ1) is 10.2. The van der Waals surface area contributed by atoms with Gasteiger partial charge in [0.1, 0.15) is 0 Å². The van der Waals surface area contributed by atoms with Gasteiger partial charge in [-0.25, -0.2) is 0 Å². The predicted molar refractivity (Wildman–Crippen MR) is 53.0 cm³/mol. The topological polar surface area (TPSA) is 86.2 Å². The van der Waals surface area contributed by atoms with E-state index in [9.17, 15) is 9.59 Å². The Hall–Kier alpha value is -1.84. The van der Waals surface area contributed by atoms with E-state index in [2.05, 4.69) is 0 Å². The van der Waals surface area contributed by atoms with Gasteiger partial charge in [-0.1, -0.05) is 0 Å². The number of rotatable bonds is 2. The Labute approximate surface area is 81.9 Å². The molecule has 0 heterocycles. The molecule has 14 heavy (non-hydrogen) atoms. The lowest BCUT2D eigenvalue weighted by Crippen LogP contribution is -2.17. The Morgan fingerprint density at radius 1 is 0.929 bits per heavy atom. The molecule has 0 unspecified atom stereocenters. The summed E-state index contributed by atoms with van der Waals surface area (Å²) < 4.78 is 0. The zero-order valence-corrected chi connectivity index (χ0v) is 8.13. The minimum absolute atomic E-state index is 0.424. The third-order valence-electron chi connectivity index (χ3n) is 2.32. The van der Waals surface area contributed by atoms with Crippen LogP contribution in [0.5, 0.6) is 0 Å². The van der Waals surface area contributed by atoms with Crippen LogP contribution in [0.4, 0.5) is 0 Å². The molecule has 0 bridgehead atoms. The molecule has 0 aliphatic rings. The number of carbonyl (C=O) groups excluding carboxylic acids is 2. The summed E-state index contributed by atoms with van der Waals surface area (Å²) in [6.45, 7) is 3.48. The van der Waals surface area contributed by atoms with Crippen LogP contribution in [0.3, 0.4) is 0 Å². The lowest BCUT2D eigenvalue weighted by Gasteiger charge is -2.08. The van der Waals surface area contributed by atoms with Crippen molar-refractivity contribution in [1.82, 2.24) is 0 Å². The second-order valence-corrected chi connectivity index (χ2v) is 3.14. The van der Waals surface area contributed by atoms with Crippen LogP contribution >= 0.6 is 0 Å². The predicted octanol–water partition coefficient (Wildman–Crippen LogP) is 0.501. The molecule has 1 aromatic carbocycles. The second-order valence-electron chi connectivity index (χ2n) is 3.14. The van der Waals surface area contributed by atoms with Crippen molar-refractivity contribution < 1.29 is 9.59 Å². The van der Waals surface area contributed by atoms with Gasteiger partial charge in [0.05, 0.1) is 0 Å². The molecular weight excluding hydrogens is 180 g/mol. The molecule has 0 fully saturated rings. The maximum absolute atomic E-state index is 11.0. The Morgan fingerprint density at radius 2 is 1.21 bits per heavy atom. The van der Waals surface area contributed by atoms with Gasteiger partial charge < -0.3 is 11.5 Å². The molecule has 0 aliphatic carbocycles. The number of primary amides is 2. The largest absolute Gasteiger partial charge is 0.366 e. The Bertz CT molecular complexity index is 372. The normalized spacial score (nSPS) is 9.86. The molecule has 0 saturated heterocycles. The summed E-state index contributed by atoms with van der Waals surface area (Å²) in [5.74, 6) is -0.997. The van der Waals surface area contributed by atoms with Gasteiger partial charge >= 0.3 is 0 Å². The minimum atomic E-state index is -0.498. The summed E-state index contributed by atoms with van der Waals surface area (Å²) in [5.41, 5.74) is 12.6. The van der Waals surface area contributed by atoms with Crippen LogP contribution in [0, 0.1) is 13.8 Å². The minimum Gasteiger partial charge on any atom is -0.366 e. The first-order chi connectivity index (χ1) is 6.45. The highest BCUT2D eigenvalue weighted by atomic mass is 16.1. The third-order valence-corrected chi connectivity index (χ3v) is 2.32. The zero-order chi connectivity index (χ0) is 10.9. The van der Waals surface area contributed by atoms with Gasteiger partial charge in [0, 0.05) is 11.1 Å². The van der Waals surface area contributed by atoms with Crippen LogP contribution in [-0.2, 0) is 0 Å². The summed E-state index contributed by atoms with van der Waals surface area (Å²) in [6, 6.07) is 3.04. The molecule has 4 heteroatoms. The van der Waals surface area contributed by atoms with Crippen molar-refractivity contribution in [3.63, 3.8) is 0 Å². The van der Waals surface area contributed by atoms with E-state index in [1.807, 2.05) is 0 Å². The molecular formula is C10H12N2O2. The molecule has 2 amide bonds. The van der Waals surface area contributed by atoms with E-state index in [-0.39, 0.29) is 0 Å². The van der Waals surface area contributed by atoms with Crippen molar-refractivity contribution in [3.05, 3.63) is 34.4 Å². The standard InChI is InChI=1S/C10H12N2O2/c1-5-6(2)8(10(12)14)4-3-7(5)9(11)13/h3-4H,1-2H3,(H2,11,13)(H2,12,14). The maximum atomic E-state index is 11.0. The Morgan fingerprint density at radius 3 is 1.43 bits per heavy atom. The van der Waals surface area contributed by atoms with Gasteiger partial charge in [-0.3, -0.25) is 9.59 Å².